The van der Waals surface area contributed by atoms with Gasteiger partial charge in [0.05, 0.1) is 10.5 Å². The van der Waals surface area contributed by atoms with E-state index in [0.29, 0.717) is 5.95 Å². The van der Waals surface area contributed by atoms with Crippen LogP contribution in [0.2, 0.25) is 0 Å². The van der Waals surface area contributed by atoms with E-state index in [1.54, 1.807) is 12.4 Å². The summed E-state index contributed by atoms with van der Waals surface area (Å²) in [5.41, 5.74) is 1.30. The van der Waals surface area contributed by atoms with Crippen LogP contribution in [-0.2, 0) is 0 Å². The van der Waals surface area contributed by atoms with Crippen molar-refractivity contribution in [3.63, 3.8) is 0 Å². The average molecular weight is 320 g/mol. The van der Waals surface area contributed by atoms with Crippen molar-refractivity contribution in [1.29, 1.82) is 0 Å². The molecule has 0 saturated heterocycles. The van der Waals surface area contributed by atoms with Gasteiger partial charge in [-0.05, 0) is 26.9 Å². The lowest BCUT2D eigenvalue weighted by Gasteiger charge is -2.32. The third-order valence-electron chi connectivity index (χ3n) is 2.89. The van der Waals surface area contributed by atoms with Crippen molar-refractivity contribution in [2.45, 2.75) is 26.8 Å². The van der Waals surface area contributed by atoms with Gasteiger partial charge in [-0.15, -0.1) is 0 Å². The van der Waals surface area contributed by atoms with Gasteiger partial charge in [0.15, 0.2) is 0 Å². The Bertz CT molecular complexity index is 517. The van der Waals surface area contributed by atoms with Crippen LogP contribution in [0.15, 0.2) is 47.2 Å². The molecule has 1 heterocycles. The predicted octanol–water partition coefficient (Wildman–Crippen LogP) is 4.44. The summed E-state index contributed by atoms with van der Waals surface area (Å²) in [6.45, 7) is 6.61. The van der Waals surface area contributed by atoms with E-state index in [1.165, 1.54) is 5.56 Å². The zero-order valence-electron chi connectivity index (χ0n) is 11.4. The minimum absolute atomic E-state index is 0.0672. The van der Waals surface area contributed by atoms with Crippen LogP contribution < -0.4 is 5.32 Å². The Morgan fingerprint density at radius 2 is 1.63 bits per heavy atom. The van der Waals surface area contributed by atoms with Crippen LogP contribution in [0.1, 0.15) is 32.4 Å². The van der Waals surface area contributed by atoms with Crippen LogP contribution in [0.3, 0.4) is 0 Å². The maximum absolute atomic E-state index is 4.29. The molecule has 0 fully saturated rings. The number of hydrogen-bond donors (Lipinski definition) is 1. The highest BCUT2D eigenvalue weighted by atomic mass is 79.9. The predicted molar refractivity (Wildman–Crippen MR) is 82.0 cm³/mol. The molecule has 1 atom stereocenters. The van der Waals surface area contributed by atoms with E-state index in [1.807, 2.05) is 6.07 Å². The van der Waals surface area contributed by atoms with Crippen molar-refractivity contribution in [3.05, 3.63) is 52.8 Å². The van der Waals surface area contributed by atoms with Crippen molar-refractivity contribution in [2.75, 3.05) is 5.32 Å². The summed E-state index contributed by atoms with van der Waals surface area (Å²) >= 11 is 3.34. The highest BCUT2D eigenvalue weighted by molar-refractivity contribution is 9.10. The third kappa shape index (κ3) is 3.77. The summed E-state index contributed by atoms with van der Waals surface area (Å²) in [7, 11) is 0. The van der Waals surface area contributed by atoms with E-state index in [0.717, 1.165) is 4.47 Å². The second-order valence-corrected chi connectivity index (χ2v) is 6.49. The second kappa shape index (κ2) is 5.70. The maximum Gasteiger partial charge on any atom is 0.223 e. The SMILES string of the molecule is CC(C)(C)C(Nc1ncc(Br)cn1)c1ccccc1. The van der Waals surface area contributed by atoms with Gasteiger partial charge in [0, 0.05) is 12.4 Å². The molecule has 100 valence electrons. The molecule has 0 aliphatic carbocycles. The normalized spacial score (nSPS) is 13.1. The molecule has 0 bridgehead atoms. The number of nitrogens with zero attached hydrogens (tertiary/aromatic N) is 2. The van der Waals surface area contributed by atoms with Crippen LogP contribution in [0.25, 0.3) is 0 Å². The van der Waals surface area contributed by atoms with Crippen LogP contribution in [-0.4, -0.2) is 9.97 Å². The van der Waals surface area contributed by atoms with E-state index < -0.39 is 0 Å². The smallest absolute Gasteiger partial charge is 0.223 e. The lowest BCUT2D eigenvalue weighted by molar-refractivity contribution is 0.346. The number of rotatable bonds is 3. The number of hydrogen-bond acceptors (Lipinski definition) is 3. The lowest BCUT2D eigenvalue weighted by atomic mass is 9.82. The monoisotopic (exact) mass is 319 g/mol. The first kappa shape index (κ1) is 14.0. The first-order chi connectivity index (χ1) is 8.97. The Morgan fingerprint density at radius 3 is 2.16 bits per heavy atom. The zero-order chi connectivity index (χ0) is 13.9. The molecule has 2 aromatic rings. The van der Waals surface area contributed by atoms with E-state index in [9.17, 15) is 0 Å². The van der Waals surface area contributed by atoms with Crippen LogP contribution in [0.4, 0.5) is 5.95 Å². The molecule has 0 amide bonds. The van der Waals surface area contributed by atoms with Crippen molar-refractivity contribution in [2.24, 2.45) is 5.41 Å². The van der Waals surface area contributed by atoms with E-state index in [-0.39, 0.29) is 11.5 Å². The Hall–Kier alpha value is -1.42. The molecule has 0 aliphatic heterocycles. The molecule has 1 N–H and O–H groups in total. The van der Waals surface area contributed by atoms with E-state index >= 15 is 0 Å². The van der Waals surface area contributed by atoms with Gasteiger partial charge >= 0.3 is 0 Å². The second-order valence-electron chi connectivity index (χ2n) is 5.58. The summed E-state index contributed by atoms with van der Waals surface area (Å²) in [6.07, 6.45) is 3.50. The van der Waals surface area contributed by atoms with Gasteiger partial charge in [0.2, 0.25) is 5.95 Å². The molecule has 1 unspecified atom stereocenters. The van der Waals surface area contributed by atoms with Crippen molar-refractivity contribution in [1.82, 2.24) is 9.97 Å². The van der Waals surface area contributed by atoms with Crippen molar-refractivity contribution >= 4 is 21.9 Å². The van der Waals surface area contributed by atoms with Crippen LogP contribution >= 0.6 is 15.9 Å². The number of aromatic nitrogens is 2. The van der Waals surface area contributed by atoms with Gasteiger partial charge in [-0.2, -0.15) is 0 Å². The molecule has 0 spiro atoms. The molecule has 4 heteroatoms. The largest absolute Gasteiger partial charge is 0.347 e. The number of benzene rings is 1. The minimum Gasteiger partial charge on any atom is -0.347 e. The molecular formula is C15H18BrN3. The number of anilines is 1. The fourth-order valence-corrected chi connectivity index (χ4v) is 2.17. The van der Waals surface area contributed by atoms with Gasteiger partial charge < -0.3 is 5.32 Å². The quantitative estimate of drug-likeness (QED) is 0.908. The fourth-order valence-electron chi connectivity index (χ4n) is 1.96. The Kier molecular flexibility index (Phi) is 4.20. The Morgan fingerprint density at radius 1 is 1.05 bits per heavy atom. The average Bonchev–Trinajstić information content (AvgIpc) is 2.37. The Labute approximate surface area is 122 Å². The Balaban J connectivity index is 2.27. The zero-order valence-corrected chi connectivity index (χ0v) is 13.0. The molecule has 0 radical (unpaired) electrons. The standard InChI is InChI=1S/C15H18BrN3/c1-15(2,3)13(11-7-5-4-6-8-11)19-14-17-9-12(16)10-18-14/h4-10,13H,1-3H3,(H,17,18,19). The maximum atomic E-state index is 4.29. The van der Waals surface area contributed by atoms with Crippen LogP contribution in [0, 0.1) is 5.41 Å². The lowest BCUT2D eigenvalue weighted by Crippen LogP contribution is -2.26. The summed E-state index contributed by atoms with van der Waals surface area (Å²) in [5.74, 6) is 0.645. The third-order valence-corrected chi connectivity index (χ3v) is 3.30. The summed E-state index contributed by atoms with van der Waals surface area (Å²) < 4.78 is 0.880. The highest BCUT2D eigenvalue weighted by Gasteiger charge is 2.26. The van der Waals surface area contributed by atoms with E-state index in [4.69, 9.17) is 0 Å². The minimum atomic E-state index is 0.0672. The fraction of sp³-hybridized carbons (Fsp3) is 0.333. The van der Waals surface area contributed by atoms with Crippen LogP contribution in [0.5, 0.6) is 0 Å². The molecule has 0 aliphatic rings. The van der Waals surface area contributed by atoms with Gasteiger partial charge in [0.1, 0.15) is 0 Å². The molecule has 3 nitrogen and oxygen atoms in total. The topological polar surface area (TPSA) is 37.8 Å². The van der Waals surface area contributed by atoms with Gasteiger partial charge in [0.25, 0.3) is 0 Å². The van der Waals surface area contributed by atoms with Gasteiger partial charge in [-0.1, -0.05) is 51.1 Å². The van der Waals surface area contributed by atoms with E-state index in [2.05, 4.69) is 76.3 Å². The molecule has 0 saturated carbocycles. The number of nitrogens with one attached hydrogen (secondary N) is 1. The molecule has 1 aromatic heterocycles. The van der Waals surface area contributed by atoms with Gasteiger partial charge in [-0.25, -0.2) is 9.97 Å². The van der Waals surface area contributed by atoms with Crippen molar-refractivity contribution in [3.8, 4) is 0 Å². The summed E-state index contributed by atoms with van der Waals surface area (Å²) in [6, 6.07) is 10.6. The molecular weight excluding hydrogens is 302 g/mol. The van der Waals surface area contributed by atoms with Gasteiger partial charge in [-0.3, -0.25) is 0 Å². The molecule has 2 rings (SSSR count). The summed E-state index contributed by atoms with van der Waals surface area (Å²) in [4.78, 5) is 8.58. The first-order valence-corrected chi connectivity index (χ1v) is 7.05. The first-order valence-electron chi connectivity index (χ1n) is 6.26. The summed E-state index contributed by atoms with van der Waals surface area (Å²) in [5, 5.41) is 3.42. The van der Waals surface area contributed by atoms with Crippen molar-refractivity contribution < 1.29 is 0 Å². The number of halogens is 1. The highest BCUT2D eigenvalue weighted by Crippen LogP contribution is 2.34. The molecule has 19 heavy (non-hydrogen) atoms. The molecule has 1 aromatic carbocycles.